The van der Waals surface area contributed by atoms with Gasteiger partial charge in [0.1, 0.15) is 0 Å². The summed E-state index contributed by atoms with van der Waals surface area (Å²) < 4.78 is 1.19. The lowest BCUT2D eigenvalue weighted by Crippen LogP contribution is -2.19. The third kappa shape index (κ3) is 1.67. The molecule has 1 aromatic carbocycles. The first-order chi connectivity index (χ1) is 7.34. The van der Waals surface area contributed by atoms with E-state index in [0.717, 1.165) is 11.8 Å². The fourth-order valence-corrected chi connectivity index (χ4v) is 3.41. The predicted molar refractivity (Wildman–Crippen MR) is 67.9 cm³/mol. The molecular weight excluding hydrogens is 248 g/mol. The Morgan fingerprint density at radius 2 is 2.00 bits per heavy atom. The van der Waals surface area contributed by atoms with Gasteiger partial charge in [0, 0.05) is 4.47 Å². The number of fused-ring (bicyclic) bond motifs is 3. The SMILES string of the molecule is Brc1ccc2c(c1)C=C[C@@H]1CCCC[C@@H]21. The van der Waals surface area contributed by atoms with Gasteiger partial charge in [0.2, 0.25) is 0 Å². The standard InChI is InChI=1S/C14H15Br/c15-12-7-8-14-11(9-12)6-5-10-3-1-2-4-13(10)14/h5-10,13H,1-4H2/t10-,13+/m0/s1. The summed E-state index contributed by atoms with van der Waals surface area (Å²) in [6.07, 6.45) is 10.3. The van der Waals surface area contributed by atoms with Gasteiger partial charge in [-0.2, -0.15) is 0 Å². The van der Waals surface area contributed by atoms with Crippen molar-refractivity contribution in [2.45, 2.75) is 31.6 Å². The molecule has 0 bridgehead atoms. The zero-order valence-corrected chi connectivity index (χ0v) is 10.3. The molecular formula is C14H15Br. The third-order valence-electron chi connectivity index (χ3n) is 3.79. The molecule has 0 heterocycles. The summed E-state index contributed by atoms with van der Waals surface area (Å²) in [5, 5.41) is 0. The van der Waals surface area contributed by atoms with Crippen LogP contribution >= 0.6 is 15.9 Å². The van der Waals surface area contributed by atoms with Crippen LogP contribution in [0.5, 0.6) is 0 Å². The molecule has 2 atom stereocenters. The molecule has 15 heavy (non-hydrogen) atoms. The van der Waals surface area contributed by atoms with Gasteiger partial charge in [-0.3, -0.25) is 0 Å². The molecule has 0 N–H and O–H groups in total. The molecule has 0 radical (unpaired) electrons. The molecule has 78 valence electrons. The second-order valence-electron chi connectivity index (χ2n) is 4.69. The summed E-state index contributed by atoms with van der Waals surface area (Å²) in [4.78, 5) is 0. The van der Waals surface area contributed by atoms with Gasteiger partial charge in [-0.05, 0) is 47.9 Å². The number of benzene rings is 1. The molecule has 0 saturated heterocycles. The minimum Gasteiger partial charge on any atom is -0.0802 e. The average molecular weight is 263 g/mol. The van der Waals surface area contributed by atoms with E-state index in [9.17, 15) is 0 Å². The van der Waals surface area contributed by atoms with E-state index in [1.54, 1.807) is 5.56 Å². The predicted octanol–water partition coefficient (Wildman–Crippen LogP) is 4.75. The summed E-state index contributed by atoms with van der Waals surface area (Å²) in [6.45, 7) is 0. The van der Waals surface area contributed by atoms with Crippen LogP contribution in [0.4, 0.5) is 0 Å². The Hall–Kier alpha value is -0.560. The van der Waals surface area contributed by atoms with E-state index in [4.69, 9.17) is 0 Å². The van der Waals surface area contributed by atoms with E-state index >= 15 is 0 Å². The molecule has 0 spiro atoms. The fourth-order valence-electron chi connectivity index (χ4n) is 3.03. The zero-order valence-electron chi connectivity index (χ0n) is 8.75. The highest BCUT2D eigenvalue weighted by atomic mass is 79.9. The van der Waals surface area contributed by atoms with Crippen molar-refractivity contribution in [1.82, 2.24) is 0 Å². The van der Waals surface area contributed by atoms with Crippen LogP contribution in [0.2, 0.25) is 0 Å². The minimum atomic E-state index is 0.798. The molecule has 1 aromatic rings. The molecule has 2 aliphatic rings. The smallest absolute Gasteiger partial charge is 0.0181 e. The zero-order chi connectivity index (χ0) is 10.3. The molecule has 1 heteroatoms. The van der Waals surface area contributed by atoms with E-state index in [-0.39, 0.29) is 0 Å². The van der Waals surface area contributed by atoms with E-state index < -0.39 is 0 Å². The van der Waals surface area contributed by atoms with Crippen LogP contribution in [0.15, 0.2) is 28.7 Å². The van der Waals surface area contributed by atoms with E-state index in [2.05, 4.69) is 46.3 Å². The van der Waals surface area contributed by atoms with Crippen LogP contribution in [-0.4, -0.2) is 0 Å². The number of allylic oxidation sites excluding steroid dienone is 1. The monoisotopic (exact) mass is 262 g/mol. The van der Waals surface area contributed by atoms with Crippen LogP contribution in [0.25, 0.3) is 6.08 Å². The molecule has 0 aromatic heterocycles. The van der Waals surface area contributed by atoms with Crippen molar-refractivity contribution in [3.8, 4) is 0 Å². The highest BCUT2D eigenvalue weighted by Gasteiger charge is 2.28. The molecule has 1 fully saturated rings. The van der Waals surface area contributed by atoms with Crippen molar-refractivity contribution in [2.75, 3.05) is 0 Å². The van der Waals surface area contributed by atoms with E-state index in [1.807, 2.05) is 0 Å². The molecule has 0 aliphatic heterocycles. The Morgan fingerprint density at radius 1 is 1.13 bits per heavy atom. The van der Waals surface area contributed by atoms with Crippen molar-refractivity contribution in [3.63, 3.8) is 0 Å². The Labute approximate surface area is 99.5 Å². The van der Waals surface area contributed by atoms with E-state index in [1.165, 1.54) is 35.7 Å². The van der Waals surface area contributed by atoms with Gasteiger partial charge in [-0.15, -0.1) is 0 Å². The normalized spacial score (nSPS) is 28.3. The molecule has 0 unspecified atom stereocenters. The van der Waals surface area contributed by atoms with Crippen molar-refractivity contribution in [3.05, 3.63) is 39.9 Å². The average Bonchev–Trinajstić information content (AvgIpc) is 2.28. The Kier molecular flexibility index (Phi) is 2.44. The van der Waals surface area contributed by atoms with Crippen molar-refractivity contribution < 1.29 is 0 Å². The Morgan fingerprint density at radius 3 is 2.93 bits per heavy atom. The second-order valence-corrected chi connectivity index (χ2v) is 5.60. The van der Waals surface area contributed by atoms with Gasteiger partial charge >= 0.3 is 0 Å². The summed E-state index contributed by atoms with van der Waals surface area (Å²) in [6, 6.07) is 6.74. The maximum Gasteiger partial charge on any atom is 0.0181 e. The van der Waals surface area contributed by atoms with Gasteiger partial charge < -0.3 is 0 Å². The topological polar surface area (TPSA) is 0 Å². The molecule has 0 nitrogen and oxygen atoms in total. The first-order valence-corrected chi connectivity index (χ1v) is 6.61. The summed E-state index contributed by atoms with van der Waals surface area (Å²) in [5.74, 6) is 1.61. The van der Waals surface area contributed by atoms with Gasteiger partial charge in [-0.25, -0.2) is 0 Å². The van der Waals surface area contributed by atoms with Crippen LogP contribution in [0, 0.1) is 5.92 Å². The van der Waals surface area contributed by atoms with Crippen LogP contribution in [-0.2, 0) is 0 Å². The third-order valence-corrected chi connectivity index (χ3v) is 4.28. The van der Waals surface area contributed by atoms with Gasteiger partial charge in [0.15, 0.2) is 0 Å². The highest BCUT2D eigenvalue weighted by Crippen LogP contribution is 2.43. The highest BCUT2D eigenvalue weighted by molar-refractivity contribution is 9.10. The Bertz CT molecular complexity index is 406. The van der Waals surface area contributed by atoms with Crippen LogP contribution < -0.4 is 0 Å². The largest absolute Gasteiger partial charge is 0.0802 e. The van der Waals surface area contributed by atoms with Gasteiger partial charge in [-0.1, -0.05) is 47.0 Å². The summed E-state index contributed by atoms with van der Waals surface area (Å²) in [7, 11) is 0. The van der Waals surface area contributed by atoms with E-state index in [0.29, 0.717) is 0 Å². The first kappa shape index (κ1) is 9.65. The van der Waals surface area contributed by atoms with Gasteiger partial charge in [0.25, 0.3) is 0 Å². The number of hydrogen-bond acceptors (Lipinski definition) is 0. The number of halogens is 1. The molecule has 0 amide bonds. The van der Waals surface area contributed by atoms with Crippen molar-refractivity contribution >= 4 is 22.0 Å². The Balaban J connectivity index is 2.05. The lowest BCUT2D eigenvalue weighted by molar-refractivity contribution is 0.359. The summed E-state index contributed by atoms with van der Waals surface area (Å²) in [5.41, 5.74) is 3.00. The van der Waals surface area contributed by atoms with Crippen molar-refractivity contribution in [1.29, 1.82) is 0 Å². The maximum atomic E-state index is 3.54. The molecule has 1 saturated carbocycles. The van der Waals surface area contributed by atoms with Crippen LogP contribution in [0.1, 0.15) is 42.7 Å². The molecule has 2 aliphatic carbocycles. The van der Waals surface area contributed by atoms with Crippen LogP contribution in [0.3, 0.4) is 0 Å². The quantitative estimate of drug-likeness (QED) is 0.633. The molecule has 3 rings (SSSR count). The lowest BCUT2D eigenvalue weighted by atomic mass is 9.71. The second kappa shape index (κ2) is 3.79. The van der Waals surface area contributed by atoms with Gasteiger partial charge in [0.05, 0.1) is 0 Å². The maximum absolute atomic E-state index is 3.54. The lowest BCUT2D eigenvalue weighted by Gasteiger charge is -2.33. The van der Waals surface area contributed by atoms with Crippen molar-refractivity contribution in [2.24, 2.45) is 5.92 Å². The number of rotatable bonds is 0. The first-order valence-electron chi connectivity index (χ1n) is 5.82. The fraction of sp³-hybridized carbons (Fsp3) is 0.429. The number of hydrogen-bond donors (Lipinski definition) is 0. The minimum absolute atomic E-state index is 0.798. The summed E-state index contributed by atoms with van der Waals surface area (Å²) >= 11 is 3.54.